The predicted octanol–water partition coefficient (Wildman–Crippen LogP) is -0.292. The van der Waals surface area contributed by atoms with Crippen molar-refractivity contribution in [2.45, 2.75) is 19.8 Å². The van der Waals surface area contributed by atoms with Crippen molar-refractivity contribution in [2.24, 2.45) is 11.8 Å². The fourth-order valence-electron chi connectivity index (χ4n) is 1.58. The summed E-state index contributed by atoms with van der Waals surface area (Å²) in [7, 11) is 0. The van der Waals surface area contributed by atoms with Crippen LogP contribution in [0.1, 0.15) is 19.8 Å². The van der Waals surface area contributed by atoms with E-state index in [1.807, 2.05) is 6.92 Å². The van der Waals surface area contributed by atoms with E-state index in [4.69, 9.17) is 5.84 Å². The van der Waals surface area contributed by atoms with Gasteiger partial charge in [-0.1, -0.05) is 6.92 Å². The monoisotopic (exact) mass is 171 g/mol. The lowest BCUT2D eigenvalue weighted by molar-refractivity contribution is -0.125. The molecule has 1 rings (SSSR count). The van der Waals surface area contributed by atoms with Gasteiger partial charge in [-0.25, -0.2) is 5.84 Å². The molecule has 0 radical (unpaired) electrons. The maximum atomic E-state index is 11.0. The first-order chi connectivity index (χ1) is 5.74. The zero-order valence-electron chi connectivity index (χ0n) is 7.55. The zero-order valence-corrected chi connectivity index (χ0v) is 7.55. The quantitative estimate of drug-likeness (QED) is 0.348. The summed E-state index contributed by atoms with van der Waals surface area (Å²) in [5, 5.41) is 0. The van der Waals surface area contributed by atoms with Crippen LogP contribution in [0.4, 0.5) is 0 Å². The second-order valence-electron chi connectivity index (χ2n) is 3.42. The molecule has 1 saturated heterocycles. The molecule has 0 aliphatic carbocycles. The summed E-state index contributed by atoms with van der Waals surface area (Å²) < 4.78 is 0. The zero-order chi connectivity index (χ0) is 8.97. The molecule has 0 unspecified atom stereocenters. The van der Waals surface area contributed by atoms with E-state index in [2.05, 4.69) is 10.3 Å². The molecule has 12 heavy (non-hydrogen) atoms. The third-order valence-electron chi connectivity index (χ3n) is 2.32. The molecule has 1 amide bonds. The Hall–Kier alpha value is -0.610. The third-order valence-corrected chi connectivity index (χ3v) is 2.32. The summed E-state index contributed by atoms with van der Waals surface area (Å²) in [6, 6.07) is 0. The molecule has 70 valence electrons. The van der Waals surface area contributed by atoms with Crippen molar-refractivity contribution in [3.8, 4) is 0 Å². The Balaban J connectivity index is 2.24. The van der Waals surface area contributed by atoms with Crippen LogP contribution in [-0.4, -0.2) is 30.4 Å². The van der Waals surface area contributed by atoms with E-state index in [0.29, 0.717) is 0 Å². The van der Waals surface area contributed by atoms with Gasteiger partial charge in [0.1, 0.15) is 0 Å². The van der Waals surface area contributed by atoms with Crippen molar-refractivity contribution in [2.75, 3.05) is 19.6 Å². The molecule has 0 spiro atoms. The van der Waals surface area contributed by atoms with Gasteiger partial charge in [0, 0.05) is 12.5 Å². The van der Waals surface area contributed by atoms with Crippen molar-refractivity contribution in [3.63, 3.8) is 0 Å². The number of amides is 1. The Kier molecular flexibility index (Phi) is 3.49. The van der Waals surface area contributed by atoms with Gasteiger partial charge >= 0.3 is 0 Å². The molecule has 1 heterocycles. The number of carbonyl (C=O) groups excluding carboxylic acids is 1. The van der Waals surface area contributed by atoms with Gasteiger partial charge in [0.05, 0.1) is 0 Å². The number of rotatable bonds is 3. The van der Waals surface area contributed by atoms with Crippen LogP contribution in [-0.2, 0) is 4.79 Å². The highest BCUT2D eigenvalue weighted by Gasteiger charge is 2.18. The van der Waals surface area contributed by atoms with Gasteiger partial charge in [0.25, 0.3) is 0 Å². The van der Waals surface area contributed by atoms with E-state index in [9.17, 15) is 4.79 Å². The summed E-state index contributed by atoms with van der Waals surface area (Å²) in [6.07, 6.45) is 2.52. The SMILES string of the molecule is C[C@H](CN1CCCC1)C(=O)NN. The predicted molar refractivity (Wildman–Crippen MR) is 47.2 cm³/mol. The molecule has 1 fully saturated rings. The number of hydrazine groups is 1. The van der Waals surface area contributed by atoms with E-state index >= 15 is 0 Å². The van der Waals surface area contributed by atoms with Crippen LogP contribution in [0, 0.1) is 5.92 Å². The molecule has 1 aliphatic heterocycles. The highest BCUT2D eigenvalue weighted by Crippen LogP contribution is 2.09. The number of likely N-dealkylation sites (tertiary alicyclic amines) is 1. The molecule has 0 bridgehead atoms. The average Bonchev–Trinajstić information content (AvgIpc) is 2.55. The first kappa shape index (κ1) is 9.48. The molecule has 1 atom stereocenters. The van der Waals surface area contributed by atoms with E-state index in [0.717, 1.165) is 19.6 Å². The van der Waals surface area contributed by atoms with Gasteiger partial charge in [-0.05, 0) is 25.9 Å². The van der Waals surface area contributed by atoms with Gasteiger partial charge in [-0.3, -0.25) is 10.2 Å². The first-order valence-electron chi connectivity index (χ1n) is 4.47. The number of nitrogens with zero attached hydrogens (tertiary/aromatic N) is 1. The molecule has 1 aliphatic rings. The van der Waals surface area contributed by atoms with Crippen LogP contribution in [0.15, 0.2) is 0 Å². The number of hydrogen-bond acceptors (Lipinski definition) is 3. The smallest absolute Gasteiger partial charge is 0.237 e. The lowest BCUT2D eigenvalue weighted by Gasteiger charge is -2.18. The van der Waals surface area contributed by atoms with Gasteiger partial charge in [-0.15, -0.1) is 0 Å². The standard InChI is InChI=1S/C8H17N3O/c1-7(8(12)10-9)6-11-4-2-3-5-11/h7H,2-6,9H2,1H3,(H,10,12)/t7-/m1/s1. The van der Waals surface area contributed by atoms with E-state index < -0.39 is 0 Å². The van der Waals surface area contributed by atoms with Crippen molar-refractivity contribution < 1.29 is 4.79 Å². The van der Waals surface area contributed by atoms with Crippen molar-refractivity contribution >= 4 is 5.91 Å². The van der Waals surface area contributed by atoms with Gasteiger partial charge in [0.2, 0.25) is 5.91 Å². The van der Waals surface area contributed by atoms with Crippen LogP contribution >= 0.6 is 0 Å². The van der Waals surface area contributed by atoms with Crippen LogP contribution < -0.4 is 11.3 Å². The summed E-state index contributed by atoms with van der Waals surface area (Å²) in [5.74, 6) is 4.97. The van der Waals surface area contributed by atoms with Crippen molar-refractivity contribution in [1.29, 1.82) is 0 Å². The molecule has 0 aromatic heterocycles. The van der Waals surface area contributed by atoms with Crippen LogP contribution in [0.25, 0.3) is 0 Å². The van der Waals surface area contributed by atoms with Crippen LogP contribution in [0.5, 0.6) is 0 Å². The Bertz CT molecular complexity index is 154. The molecule has 0 aromatic rings. The molecule has 4 heteroatoms. The first-order valence-corrected chi connectivity index (χ1v) is 4.47. The number of hydrogen-bond donors (Lipinski definition) is 2. The summed E-state index contributed by atoms with van der Waals surface area (Å²) >= 11 is 0. The van der Waals surface area contributed by atoms with Gasteiger partial charge in [0.15, 0.2) is 0 Å². The summed E-state index contributed by atoms with van der Waals surface area (Å²) in [6.45, 7) is 4.99. The molecular weight excluding hydrogens is 154 g/mol. The van der Waals surface area contributed by atoms with Gasteiger partial charge < -0.3 is 4.90 Å². The molecule has 0 saturated carbocycles. The molecular formula is C8H17N3O. The summed E-state index contributed by atoms with van der Waals surface area (Å²) in [4.78, 5) is 13.3. The number of nitrogens with one attached hydrogen (secondary N) is 1. The number of carbonyl (C=O) groups is 1. The topological polar surface area (TPSA) is 58.4 Å². The lowest BCUT2D eigenvalue weighted by Crippen LogP contribution is -2.39. The lowest BCUT2D eigenvalue weighted by atomic mass is 10.1. The second kappa shape index (κ2) is 4.42. The Morgan fingerprint density at radius 1 is 1.58 bits per heavy atom. The average molecular weight is 171 g/mol. The van der Waals surface area contributed by atoms with Gasteiger partial charge in [-0.2, -0.15) is 0 Å². The Morgan fingerprint density at radius 2 is 2.17 bits per heavy atom. The minimum absolute atomic E-state index is 0.00750. The highest BCUT2D eigenvalue weighted by atomic mass is 16.2. The maximum Gasteiger partial charge on any atom is 0.237 e. The van der Waals surface area contributed by atoms with E-state index in [1.54, 1.807) is 0 Å². The van der Waals surface area contributed by atoms with Crippen LogP contribution in [0.3, 0.4) is 0 Å². The molecule has 4 nitrogen and oxygen atoms in total. The fourth-order valence-corrected chi connectivity index (χ4v) is 1.58. The summed E-state index contributed by atoms with van der Waals surface area (Å²) in [5.41, 5.74) is 2.17. The minimum Gasteiger partial charge on any atom is -0.303 e. The largest absolute Gasteiger partial charge is 0.303 e. The number of nitrogens with two attached hydrogens (primary N) is 1. The second-order valence-corrected chi connectivity index (χ2v) is 3.42. The minimum atomic E-state index is -0.0677. The Morgan fingerprint density at radius 3 is 2.67 bits per heavy atom. The van der Waals surface area contributed by atoms with Crippen molar-refractivity contribution in [1.82, 2.24) is 10.3 Å². The maximum absolute atomic E-state index is 11.0. The Labute approximate surface area is 73.1 Å². The molecule has 3 N–H and O–H groups in total. The van der Waals surface area contributed by atoms with Crippen LogP contribution in [0.2, 0.25) is 0 Å². The molecule has 0 aromatic carbocycles. The van der Waals surface area contributed by atoms with Crippen molar-refractivity contribution in [3.05, 3.63) is 0 Å². The van der Waals surface area contributed by atoms with E-state index in [1.165, 1.54) is 12.8 Å². The normalized spacial score (nSPS) is 20.8. The fraction of sp³-hybridized carbons (Fsp3) is 0.875. The third kappa shape index (κ3) is 2.46. The highest BCUT2D eigenvalue weighted by molar-refractivity contribution is 5.77. The van der Waals surface area contributed by atoms with E-state index in [-0.39, 0.29) is 11.8 Å².